The van der Waals surface area contributed by atoms with E-state index in [1.165, 1.54) is 25.7 Å². The van der Waals surface area contributed by atoms with E-state index in [1.807, 2.05) is 11.6 Å². The molecule has 7 nitrogen and oxygen atoms in total. The van der Waals surface area contributed by atoms with E-state index < -0.39 is 0 Å². The van der Waals surface area contributed by atoms with Gasteiger partial charge in [0, 0.05) is 50.6 Å². The Balaban J connectivity index is 0.00000210. The standard InChI is InChI=1S/C18H29N5O2S.HI/c19-16(22-8-10-23(11-9-22)17-20-7-12-26-17)21-13-15-14-24-18(25-15)5-3-1-2-4-6-18;/h7,12,15H,1-6,8-11,13-14H2,(H2,19,21);1H. The molecule has 9 heteroatoms. The molecule has 3 aliphatic rings. The fourth-order valence-corrected chi connectivity index (χ4v) is 4.73. The predicted octanol–water partition coefficient (Wildman–Crippen LogP) is 2.66. The van der Waals surface area contributed by atoms with Crippen molar-refractivity contribution in [2.75, 3.05) is 44.2 Å². The maximum atomic E-state index is 6.26. The number of hydrogen-bond acceptors (Lipinski definition) is 6. The predicted molar refractivity (Wildman–Crippen MR) is 119 cm³/mol. The summed E-state index contributed by atoms with van der Waals surface area (Å²) < 4.78 is 12.3. The van der Waals surface area contributed by atoms with E-state index >= 15 is 0 Å². The molecule has 1 spiro atoms. The molecule has 0 aromatic carbocycles. The van der Waals surface area contributed by atoms with Gasteiger partial charge in [-0.25, -0.2) is 4.98 Å². The Labute approximate surface area is 182 Å². The van der Waals surface area contributed by atoms with Crippen LogP contribution in [0.2, 0.25) is 0 Å². The number of thiazole rings is 1. The van der Waals surface area contributed by atoms with Gasteiger partial charge >= 0.3 is 0 Å². The summed E-state index contributed by atoms with van der Waals surface area (Å²) in [5, 5.41) is 3.10. The van der Waals surface area contributed by atoms with Crippen LogP contribution >= 0.6 is 35.3 Å². The fourth-order valence-electron chi connectivity index (χ4n) is 4.03. The van der Waals surface area contributed by atoms with Gasteiger partial charge in [0.15, 0.2) is 16.9 Å². The molecule has 1 unspecified atom stereocenters. The highest BCUT2D eigenvalue weighted by Gasteiger charge is 2.41. The number of halogens is 1. The zero-order chi connectivity index (χ0) is 17.8. The number of nitrogens with zero attached hydrogens (tertiary/aromatic N) is 4. The lowest BCUT2D eigenvalue weighted by Gasteiger charge is -2.35. The second-order valence-electron chi connectivity index (χ2n) is 7.36. The molecule has 1 aromatic heterocycles. The summed E-state index contributed by atoms with van der Waals surface area (Å²) in [5.41, 5.74) is 6.23. The quantitative estimate of drug-likeness (QED) is 0.385. The lowest BCUT2D eigenvalue weighted by atomic mass is 10.1. The van der Waals surface area contributed by atoms with Crippen molar-refractivity contribution in [1.82, 2.24) is 9.88 Å². The fraction of sp³-hybridized carbons (Fsp3) is 0.778. The minimum atomic E-state index is -0.342. The number of nitrogens with two attached hydrogens (primary N) is 1. The Bertz CT molecular complexity index is 599. The number of aliphatic imine (C=N–C) groups is 1. The van der Waals surface area contributed by atoms with Gasteiger partial charge in [0.05, 0.1) is 13.2 Å². The van der Waals surface area contributed by atoms with E-state index in [0.29, 0.717) is 19.1 Å². The van der Waals surface area contributed by atoms with Crippen molar-refractivity contribution in [2.45, 2.75) is 50.4 Å². The third-order valence-corrected chi connectivity index (χ3v) is 6.36. The van der Waals surface area contributed by atoms with Crippen molar-refractivity contribution >= 4 is 46.4 Å². The average Bonchev–Trinajstić information content (AvgIpc) is 3.28. The first-order chi connectivity index (χ1) is 12.7. The first kappa shape index (κ1) is 21.1. The van der Waals surface area contributed by atoms with Gasteiger partial charge in [0.25, 0.3) is 0 Å². The second kappa shape index (κ2) is 9.71. The van der Waals surface area contributed by atoms with E-state index in [9.17, 15) is 0 Å². The van der Waals surface area contributed by atoms with Gasteiger partial charge in [-0.05, 0) is 12.8 Å². The zero-order valence-corrected chi connectivity index (χ0v) is 18.9. The van der Waals surface area contributed by atoms with E-state index in [-0.39, 0.29) is 35.9 Å². The van der Waals surface area contributed by atoms with Crippen LogP contribution in [0.15, 0.2) is 16.6 Å². The number of anilines is 1. The second-order valence-corrected chi connectivity index (χ2v) is 8.24. The Morgan fingerprint density at radius 2 is 1.96 bits per heavy atom. The number of aromatic nitrogens is 1. The highest BCUT2D eigenvalue weighted by Crippen LogP contribution is 2.36. The Kier molecular flexibility index (Phi) is 7.57. The van der Waals surface area contributed by atoms with Crippen molar-refractivity contribution in [1.29, 1.82) is 0 Å². The summed E-state index contributed by atoms with van der Waals surface area (Å²) in [7, 11) is 0. The Hall–Kier alpha value is -0.650. The zero-order valence-electron chi connectivity index (χ0n) is 15.7. The smallest absolute Gasteiger partial charge is 0.191 e. The highest BCUT2D eigenvalue weighted by molar-refractivity contribution is 14.0. The molecule has 27 heavy (non-hydrogen) atoms. The minimum absolute atomic E-state index is 0. The molecule has 1 saturated carbocycles. The van der Waals surface area contributed by atoms with Crippen LogP contribution in [-0.4, -0.2) is 67.1 Å². The van der Waals surface area contributed by atoms with Crippen LogP contribution in [0.3, 0.4) is 0 Å². The van der Waals surface area contributed by atoms with Crippen molar-refractivity contribution in [3.05, 3.63) is 11.6 Å². The highest BCUT2D eigenvalue weighted by atomic mass is 127. The van der Waals surface area contributed by atoms with Crippen LogP contribution in [-0.2, 0) is 9.47 Å². The molecule has 0 bridgehead atoms. The first-order valence-electron chi connectivity index (χ1n) is 9.75. The van der Waals surface area contributed by atoms with Crippen molar-refractivity contribution in [3.63, 3.8) is 0 Å². The third kappa shape index (κ3) is 5.24. The van der Waals surface area contributed by atoms with Crippen molar-refractivity contribution < 1.29 is 9.47 Å². The molecular weight excluding hydrogens is 477 g/mol. The minimum Gasteiger partial charge on any atom is -0.370 e. The number of ether oxygens (including phenoxy) is 2. The first-order valence-corrected chi connectivity index (χ1v) is 10.6. The molecule has 2 saturated heterocycles. The molecule has 2 aliphatic heterocycles. The normalized spacial score (nSPS) is 26.1. The summed E-state index contributed by atoms with van der Waals surface area (Å²) in [6.45, 7) is 4.82. The van der Waals surface area contributed by atoms with Gasteiger partial charge in [0.1, 0.15) is 6.10 Å². The van der Waals surface area contributed by atoms with Gasteiger partial charge in [-0.2, -0.15) is 0 Å². The molecule has 3 heterocycles. The number of piperazine rings is 1. The van der Waals surface area contributed by atoms with Crippen molar-refractivity contribution in [2.24, 2.45) is 10.7 Å². The molecule has 3 fully saturated rings. The van der Waals surface area contributed by atoms with Crippen LogP contribution in [0.4, 0.5) is 5.13 Å². The van der Waals surface area contributed by atoms with Crippen molar-refractivity contribution in [3.8, 4) is 0 Å². The number of hydrogen-bond donors (Lipinski definition) is 1. The third-order valence-electron chi connectivity index (χ3n) is 5.53. The maximum Gasteiger partial charge on any atom is 0.191 e. The SMILES string of the molecule is I.NC(=NCC1COC2(CCCCCC2)O1)N1CCN(c2nccs2)CC1. The summed E-state index contributed by atoms with van der Waals surface area (Å²) in [6.07, 6.45) is 8.89. The molecule has 0 radical (unpaired) electrons. The largest absolute Gasteiger partial charge is 0.370 e. The maximum absolute atomic E-state index is 6.26. The van der Waals surface area contributed by atoms with Crippen LogP contribution in [0.25, 0.3) is 0 Å². The van der Waals surface area contributed by atoms with Crippen LogP contribution < -0.4 is 10.6 Å². The van der Waals surface area contributed by atoms with E-state index in [4.69, 9.17) is 15.2 Å². The lowest BCUT2D eigenvalue weighted by molar-refractivity contribution is -0.174. The molecule has 1 aromatic rings. The summed E-state index contributed by atoms with van der Waals surface area (Å²) in [6, 6.07) is 0. The molecule has 2 N–H and O–H groups in total. The average molecular weight is 507 g/mol. The van der Waals surface area contributed by atoms with Crippen LogP contribution in [0.1, 0.15) is 38.5 Å². The summed E-state index contributed by atoms with van der Waals surface area (Å²) >= 11 is 1.68. The monoisotopic (exact) mass is 507 g/mol. The van der Waals surface area contributed by atoms with Gasteiger partial charge in [-0.3, -0.25) is 4.99 Å². The van der Waals surface area contributed by atoms with Gasteiger partial charge in [-0.1, -0.05) is 12.8 Å². The molecule has 1 atom stereocenters. The number of rotatable bonds is 3. The van der Waals surface area contributed by atoms with Gasteiger partial charge in [0.2, 0.25) is 0 Å². The number of guanidine groups is 1. The Morgan fingerprint density at radius 3 is 2.63 bits per heavy atom. The van der Waals surface area contributed by atoms with Crippen LogP contribution in [0, 0.1) is 0 Å². The van der Waals surface area contributed by atoms with E-state index in [1.54, 1.807) is 11.3 Å². The summed E-state index contributed by atoms with van der Waals surface area (Å²) in [5.74, 6) is 0.277. The van der Waals surface area contributed by atoms with Gasteiger partial charge < -0.3 is 25.0 Å². The topological polar surface area (TPSA) is 76.2 Å². The Morgan fingerprint density at radius 1 is 1.22 bits per heavy atom. The molecule has 152 valence electrons. The summed E-state index contributed by atoms with van der Waals surface area (Å²) in [4.78, 5) is 13.4. The van der Waals surface area contributed by atoms with E-state index in [2.05, 4.69) is 19.8 Å². The van der Waals surface area contributed by atoms with Crippen LogP contribution in [0.5, 0.6) is 0 Å². The lowest BCUT2D eigenvalue weighted by Crippen LogP contribution is -2.51. The molecule has 1 aliphatic carbocycles. The molecule has 4 rings (SSSR count). The van der Waals surface area contributed by atoms with E-state index in [0.717, 1.165) is 44.2 Å². The molecule has 0 amide bonds. The molecular formula is C18H30IN5O2S. The van der Waals surface area contributed by atoms with Gasteiger partial charge in [-0.15, -0.1) is 35.3 Å².